The molecule has 6 heteroatoms. The van der Waals surface area contributed by atoms with Gasteiger partial charge in [0.1, 0.15) is 0 Å². The predicted molar refractivity (Wildman–Crippen MR) is 115 cm³/mol. The van der Waals surface area contributed by atoms with Crippen LogP contribution in [0.5, 0.6) is 0 Å². The van der Waals surface area contributed by atoms with Crippen LogP contribution in [0.1, 0.15) is 21.5 Å². The lowest BCUT2D eigenvalue weighted by Gasteiger charge is -2.30. The summed E-state index contributed by atoms with van der Waals surface area (Å²) in [6, 6.07) is 16.2. The Morgan fingerprint density at radius 3 is 2.69 bits per heavy atom. The Bertz CT molecular complexity index is 835. The van der Waals surface area contributed by atoms with Gasteiger partial charge < -0.3 is 20.6 Å². The van der Waals surface area contributed by atoms with Crippen molar-refractivity contribution in [3.8, 4) is 0 Å². The Balaban J connectivity index is 1.27. The fourth-order valence-electron chi connectivity index (χ4n) is 4.15. The quantitative estimate of drug-likeness (QED) is 0.688. The summed E-state index contributed by atoms with van der Waals surface area (Å²) in [7, 11) is 0. The number of aliphatic hydroxyl groups is 1. The first-order valence-electron chi connectivity index (χ1n) is 10.5. The maximum Gasteiger partial charge on any atom is 0.251 e. The van der Waals surface area contributed by atoms with Gasteiger partial charge in [0.15, 0.2) is 0 Å². The molecule has 4 rings (SSSR count). The van der Waals surface area contributed by atoms with Crippen LogP contribution >= 0.6 is 0 Å². The molecule has 2 aliphatic heterocycles. The van der Waals surface area contributed by atoms with Gasteiger partial charge in [0.25, 0.3) is 5.91 Å². The lowest BCUT2D eigenvalue weighted by Crippen LogP contribution is -2.43. The highest BCUT2D eigenvalue weighted by Crippen LogP contribution is 2.19. The molecule has 1 amide bonds. The molecule has 1 fully saturated rings. The average molecular weight is 395 g/mol. The average Bonchev–Trinajstić information content (AvgIpc) is 2.78. The molecular formula is C23H30N4O2. The minimum atomic E-state index is -0.583. The fourth-order valence-corrected chi connectivity index (χ4v) is 4.15. The van der Waals surface area contributed by atoms with Crippen molar-refractivity contribution in [1.82, 2.24) is 15.5 Å². The van der Waals surface area contributed by atoms with Crippen LogP contribution < -0.4 is 15.5 Å². The molecule has 2 aliphatic rings. The SMILES string of the molecule is O=C(NC[C@H](O)CN1CCc2ccccc2C1)c1cccc(N2CCNCC2)c1. The topological polar surface area (TPSA) is 67.8 Å². The van der Waals surface area contributed by atoms with Crippen molar-refractivity contribution in [3.63, 3.8) is 0 Å². The van der Waals surface area contributed by atoms with E-state index in [0.717, 1.165) is 51.4 Å². The number of hydrogen-bond acceptors (Lipinski definition) is 5. The molecule has 6 nitrogen and oxygen atoms in total. The van der Waals surface area contributed by atoms with Crippen molar-refractivity contribution in [2.75, 3.05) is 50.7 Å². The number of aliphatic hydroxyl groups excluding tert-OH is 1. The third-order valence-electron chi connectivity index (χ3n) is 5.77. The van der Waals surface area contributed by atoms with Crippen molar-refractivity contribution in [1.29, 1.82) is 0 Å². The lowest BCUT2D eigenvalue weighted by atomic mass is 10.00. The molecule has 0 bridgehead atoms. The summed E-state index contributed by atoms with van der Waals surface area (Å²) in [4.78, 5) is 17.1. The monoisotopic (exact) mass is 394 g/mol. The molecule has 0 unspecified atom stereocenters. The lowest BCUT2D eigenvalue weighted by molar-refractivity contribution is 0.0842. The highest BCUT2D eigenvalue weighted by molar-refractivity contribution is 5.95. The number of hydrogen-bond donors (Lipinski definition) is 3. The number of piperazine rings is 1. The minimum Gasteiger partial charge on any atom is -0.390 e. The molecule has 2 aromatic rings. The zero-order valence-corrected chi connectivity index (χ0v) is 16.8. The largest absolute Gasteiger partial charge is 0.390 e. The molecule has 0 spiro atoms. The molecule has 0 saturated carbocycles. The van der Waals surface area contributed by atoms with E-state index in [1.807, 2.05) is 24.3 Å². The maximum absolute atomic E-state index is 12.6. The predicted octanol–water partition coefficient (Wildman–Crippen LogP) is 1.25. The number of anilines is 1. The van der Waals surface area contributed by atoms with Gasteiger partial charge in [0.05, 0.1) is 6.10 Å². The zero-order valence-electron chi connectivity index (χ0n) is 16.8. The molecule has 2 aromatic carbocycles. The van der Waals surface area contributed by atoms with Crippen LogP contribution in [0.3, 0.4) is 0 Å². The summed E-state index contributed by atoms with van der Waals surface area (Å²) in [5.74, 6) is -0.134. The number of amides is 1. The van der Waals surface area contributed by atoms with Crippen LogP contribution in [0.25, 0.3) is 0 Å². The fraction of sp³-hybridized carbons (Fsp3) is 0.435. The molecule has 0 aromatic heterocycles. The van der Waals surface area contributed by atoms with Gasteiger partial charge in [0.2, 0.25) is 0 Å². The number of β-amino-alcohol motifs (C(OH)–C–C–N with tert-alkyl or cyclic N) is 1. The highest BCUT2D eigenvalue weighted by Gasteiger charge is 2.19. The van der Waals surface area contributed by atoms with Crippen molar-refractivity contribution in [2.45, 2.75) is 19.1 Å². The first-order valence-corrected chi connectivity index (χ1v) is 10.5. The van der Waals surface area contributed by atoms with Crippen LogP contribution in [-0.2, 0) is 13.0 Å². The van der Waals surface area contributed by atoms with E-state index in [-0.39, 0.29) is 12.5 Å². The van der Waals surface area contributed by atoms with Crippen molar-refractivity contribution in [3.05, 3.63) is 65.2 Å². The minimum absolute atomic E-state index is 0.134. The summed E-state index contributed by atoms with van der Waals surface area (Å²) in [5, 5.41) is 16.7. The van der Waals surface area contributed by atoms with Gasteiger partial charge >= 0.3 is 0 Å². The number of carbonyl (C=O) groups is 1. The van der Waals surface area contributed by atoms with Crippen LogP contribution in [0.4, 0.5) is 5.69 Å². The summed E-state index contributed by atoms with van der Waals surface area (Å²) in [6.45, 7) is 6.44. The van der Waals surface area contributed by atoms with Gasteiger partial charge in [-0.25, -0.2) is 0 Å². The van der Waals surface area contributed by atoms with Crippen molar-refractivity contribution in [2.24, 2.45) is 0 Å². The van der Waals surface area contributed by atoms with E-state index in [9.17, 15) is 9.90 Å². The van der Waals surface area contributed by atoms with Gasteiger partial charge in [-0.2, -0.15) is 0 Å². The number of rotatable bonds is 6. The van der Waals surface area contributed by atoms with E-state index >= 15 is 0 Å². The highest BCUT2D eigenvalue weighted by atomic mass is 16.3. The normalized spacial score (nSPS) is 18.2. The van der Waals surface area contributed by atoms with Crippen molar-refractivity contribution < 1.29 is 9.90 Å². The Labute approximate surface area is 172 Å². The molecule has 0 aliphatic carbocycles. The van der Waals surface area contributed by atoms with E-state index in [0.29, 0.717) is 12.1 Å². The summed E-state index contributed by atoms with van der Waals surface area (Å²) < 4.78 is 0. The first kappa shape index (κ1) is 19.9. The van der Waals surface area contributed by atoms with E-state index < -0.39 is 6.10 Å². The van der Waals surface area contributed by atoms with E-state index in [1.54, 1.807) is 0 Å². The Morgan fingerprint density at radius 2 is 1.86 bits per heavy atom. The molecule has 1 saturated heterocycles. The van der Waals surface area contributed by atoms with E-state index in [1.165, 1.54) is 11.1 Å². The molecule has 2 heterocycles. The number of nitrogens with zero attached hydrogens (tertiary/aromatic N) is 2. The Hall–Kier alpha value is -2.41. The van der Waals surface area contributed by atoms with Crippen LogP contribution in [-0.4, -0.2) is 67.8 Å². The maximum atomic E-state index is 12.6. The molecule has 0 radical (unpaired) electrons. The Morgan fingerprint density at radius 1 is 1.07 bits per heavy atom. The second-order valence-electron chi connectivity index (χ2n) is 7.91. The van der Waals surface area contributed by atoms with Gasteiger partial charge in [-0.15, -0.1) is 0 Å². The molecular weight excluding hydrogens is 364 g/mol. The smallest absolute Gasteiger partial charge is 0.251 e. The van der Waals surface area contributed by atoms with Gasteiger partial charge in [-0.3, -0.25) is 9.69 Å². The molecule has 29 heavy (non-hydrogen) atoms. The van der Waals surface area contributed by atoms with E-state index in [2.05, 4.69) is 44.7 Å². The molecule has 3 N–H and O–H groups in total. The van der Waals surface area contributed by atoms with Crippen LogP contribution in [0, 0.1) is 0 Å². The standard InChI is InChI=1S/C23H30N4O2/c28-22(17-26-11-8-18-4-1-2-5-20(18)16-26)15-25-23(29)19-6-3-7-21(14-19)27-12-9-24-10-13-27/h1-7,14,22,24,28H,8-13,15-17H2,(H,25,29)/t22-/m0/s1. The summed E-state index contributed by atoms with van der Waals surface area (Å²) in [6.07, 6.45) is 0.425. The van der Waals surface area contributed by atoms with Gasteiger partial charge in [0, 0.05) is 63.6 Å². The second kappa shape index (κ2) is 9.39. The number of nitrogens with one attached hydrogen (secondary N) is 2. The third kappa shape index (κ3) is 5.15. The zero-order chi connectivity index (χ0) is 20.1. The third-order valence-corrected chi connectivity index (χ3v) is 5.77. The van der Waals surface area contributed by atoms with Crippen molar-refractivity contribution >= 4 is 11.6 Å². The van der Waals surface area contributed by atoms with Gasteiger partial charge in [-0.1, -0.05) is 30.3 Å². The van der Waals surface area contributed by atoms with E-state index in [4.69, 9.17) is 0 Å². The number of benzene rings is 2. The Kier molecular flexibility index (Phi) is 6.44. The molecule has 1 atom stereocenters. The number of fused-ring (bicyclic) bond motifs is 1. The first-order chi connectivity index (χ1) is 14.2. The summed E-state index contributed by atoms with van der Waals surface area (Å²) >= 11 is 0. The van der Waals surface area contributed by atoms with Crippen LogP contribution in [0.2, 0.25) is 0 Å². The van der Waals surface area contributed by atoms with Gasteiger partial charge in [-0.05, 0) is 35.7 Å². The summed E-state index contributed by atoms with van der Waals surface area (Å²) in [5.41, 5.74) is 4.45. The number of carbonyl (C=O) groups excluding carboxylic acids is 1. The van der Waals surface area contributed by atoms with Crippen LogP contribution in [0.15, 0.2) is 48.5 Å². The molecule has 154 valence electrons. The second-order valence-corrected chi connectivity index (χ2v) is 7.91.